The van der Waals surface area contributed by atoms with Gasteiger partial charge in [0.15, 0.2) is 0 Å². The van der Waals surface area contributed by atoms with Crippen molar-refractivity contribution in [3.63, 3.8) is 0 Å². The number of rotatable bonds is 9. The molecule has 0 aliphatic rings. The molecule has 0 unspecified atom stereocenters. The summed E-state index contributed by atoms with van der Waals surface area (Å²) in [6.07, 6.45) is 1.24. The zero-order chi connectivity index (χ0) is 26.3. The largest absolute Gasteiger partial charge is 0.468 e. The number of nitrogens with zero attached hydrogens (tertiary/aromatic N) is 1. The van der Waals surface area contributed by atoms with Crippen molar-refractivity contribution >= 4 is 33.4 Å². The summed E-state index contributed by atoms with van der Waals surface area (Å²) in [5.74, 6) is -0.626. The van der Waals surface area contributed by atoms with Gasteiger partial charge in [0, 0.05) is 23.6 Å². The number of sulfonamides is 1. The van der Waals surface area contributed by atoms with Gasteiger partial charge in [-0.1, -0.05) is 60.1 Å². The van der Waals surface area contributed by atoms with Crippen LogP contribution in [0.15, 0.2) is 107 Å². The Morgan fingerprint density at radius 1 is 0.838 bits per heavy atom. The van der Waals surface area contributed by atoms with E-state index in [0.29, 0.717) is 21.9 Å². The van der Waals surface area contributed by atoms with Crippen LogP contribution in [-0.2, 0) is 21.4 Å². The number of amides is 2. The van der Waals surface area contributed by atoms with Crippen molar-refractivity contribution in [3.05, 3.63) is 114 Å². The summed E-state index contributed by atoms with van der Waals surface area (Å²) >= 11 is 5.90. The number of carbonyl (C=O) groups is 2. The Balaban J connectivity index is 1.41. The van der Waals surface area contributed by atoms with E-state index in [1.165, 1.54) is 30.5 Å². The topological polar surface area (TPSA) is 109 Å². The minimum atomic E-state index is -3.95. The highest BCUT2D eigenvalue weighted by Gasteiger charge is 2.26. The fraction of sp³-hybridized carbons (Fsp3) is 0.111. The molecule has 10 heteroatoms. The third-order valence-corrected chi connectivity index (χ3v) is 7.64. The van der Waals surface area contributed by atoms with Crippen LogP contribution < -0.4 is 10.9 Å². The van der Waals surface area contributed by atoms with Crippen molar-refractivity contribution in [2.75, 3.05) is 6.54 Å². The number of furan rings is 1. The Bertz CT molecular complexity index is 1460. The third-order valence-electron chi connectivity index (χ3n) is 5.52. The summed E-state index contributed by atoms with van der Waals surface area (Å²) in [5, 5.41) is 0.403. The highest BCUT2D eigenvalue weighted by atomic mass is 35.5. The molecule has 0 fully saturated rings. The molecule has 0 saturated heterocycles. The van der Waals surface area contributed by atoms with Gasteiger partial charge in [0.25, 0.3) is 5.91 Å². The van der Waals surface area contributed by atoms with E-state index in [1.54, 1.807) is 24.3 Å². The minimum Gasteiger partial charge on any atom is -0.468 e. The van der Waals surface area contributed by atoms with Gasteiger partial charge >= 0.3 is 0 Å². The fourth-order valence-electron chi connectivity index (χ4n) is 3.65. The number of hydrogen-bond donors (Lipinski definition) is 2. The maximum Gasteiger partial charge on any atom is 0.270 e. The first-order valence-corrected chi connectivity index (χ1v) is 13.2. The SMILES string of the molecule is O=C(CCN(Cc1ccco1)S(=O)(=O)c1ccc(Cl)cc1)NNC(=O)c1ccccc1-c1ccccc1. The average molecular weight is 538 g/mol. The van der Waals surface area contributed by atoms with E-state index in [4.69, 9.17) is 16.0 Å². The van der Waals surface area contributed by atoms with Crippen molar-refractivity contribution in [2.45, 2.75) is 17.9 Å². The predicted octanol–water partition coefficient (Wildman–Crippen LogP) is 4.64. The average Bonchev–Trinajstić information content (AvgIpc) is 3.43. The Kier molecular flexibility index (Phi) is 8.39. The number of hydrogen-bond acceptors (Lipinski definition) is 5. The second-order valence-corrected chi connectivity index (χ2v) is 10.4. The molecule has 0 bridgehead atoms. The molecule has 3 aromatic carbocycles. The van der Waals surface area contributed by atoms with E-state index in [-0.39, 0.29) is 24.4 Å². The standard InChI is InChI=1S/C27H24ClN3O5S/c28-21-12-14-23(15-13-21)37(34,35)31(19-22-9-6-18-36-22)17-16-26(32)29-30-27(33)25-11-5-4-10-24(25)20-7-2-1-3-8-20/h1-15,18H,16-17,19H2,(H,29,32)(H,30,33). The summed E-state index contributed by atoms with van der Waals surface area (Å²) in [6.45, 7) is -0.212. The number of carbonyl (C=O) groups excluding carboxylic acids is 2. The first-order chi connectivity index (χ1) is 17.8. The van der Waals surface area contributed by atoms with Crippen LogP contribution in [0.4, 0.5) is 0 Å². The van der Waals surface area contributed by atoms with Gasteiger partial charge in [0.2, 0.25) is 15.9 Å². The van der Waals surface area contributed by atoms with Crippen LogP contribution in [0.5, 0.6) is 0 Å². The Hall–Kier alpha value is -3.92. The molecule has 0 atom stereocenters. The Morgan fingerprint density at radius 3 is 2.24 bits per heavy atom. The van der Waals surface area contributed by atoms with Gasteiger partial charge in [-0.05, 0) is 53.6 Å². The minimum absolute atomic E-state index is 0.0367. The molecule has 1 aromatic heterocycles. The summed E-state index contributed by atoms with van der Waals surface area (Å²) in [7, 11) is -3.95. The number of hydrazine groups is 1. The lowest BCUT2D eigenvalue weighted by atomic mass is 9.99. The first kappa shape index (κ1) is 26.2. The second kappa shape index (κ2) is 11.9. The molecule has 0 spiro atoms. The lowest BCUT2D eigenvalue weighted by Crippen LogP contribution is -2.43. The van der Waals surface area contributed by atoms with Crippen LogP contribution >= 0.6 is 11.6 Å². The van der Waals surface area contributed by atoms with Gasteiger partial charge in [-0.15, -0.1) is 0 Å². The molecule has 37 heavy (non-hydrogen) atoms. The van der Waals surface area contributed by atoms with Crippen LogP contribution in [-0.4, -0.2) is 31.1 Å². The van der Waals surface area contributed by atoms with Crippen molar-refractivity contribution < 1.29 is 22.4 Å². The smallest absolute Gasteiger partial charge is 0.270 e. The molecule has 4 aromatic rings. The van der Waals surface area contributed by atoms with Crippen LogP contribution in [0.2, 0.25) is 5.02 Å². The fourth-order valence-corrected chi connectivity index (χ4v) is 5.18. The van der Waals surface area contributed by atoms with Crippen LogP contribution in [0.1, 0.15) is 22.5 Å². The van der Waals surface area contributed by atoms with Gasteiger partial charge in [0.1, 0.15) is 5.76 Å². The van der Waals surface area contributed by atoms with Crippen LogP contribution in [0, 0.1) is 0 Å². The molecule has 2 amide bonds. The highest BCUT2D eigenvalue weighted by Crippen LogP contribution is 2.23. The molecule has 4 rings (SSSR count). The summed E-state index contributed by atoms with van der Waals surface area (Å²) in [6, 6.07) is 25.5. The van der Waals surface area contributed by atoms with Crippen molar-refractivity contribution in [1.29, 1.82) is 0 Å². The van der Waals surface area contributed by atoms with Gasteiger partial charge in [0.05, 0.1) is 17.7 Å². The third kappa shape index (κ3) is 6.65. The molecule has 0 aliphatic carbocycles. The molecular weight excluding hydrogens is 514 g/mol. The monoisotopic (exact) mass is 537 g/mol. The lowest BCUT2D eigenvalue weighted by molar-refractivity contribution is -0.122. The van der Waals surface area contributed by atoms with Gasteiger partial charge in [-0.25, -0.2) is 8.42 Å². The second-order valence-electron chi connectivity index (χ2n) is 8.04. The van der Waals surface area contributed by atoms with E-state index in [2.05, 4.69) is 10.9 Å². The predicted molar refractivity (Wildman–Crippen MR) is 140 cm³/mol. The molecule has 0 saturated carbocycles. The summed E-state index contributed by atoms with van der Waals surface area (Å²) < 4.78 is 32.9. The van der Waals surface area contributed by atoms with E-state index in [9.17, 15) is 18.0 Å². The maximum atomic E-state index is 13.2. The number of benzene rings is 3. The Labute approximate surface area is 219 Å². The van der Waals surface area contributed by atoms with Gasteiger partial charge < -0.3 is 4.42 Å². The van der Waals surface area contributed by atoms with Crippen LogP contribution in [0.25, 0.3) is 11.1 Å². The van der Waals surface area contributed by atoms with Gasteiger partial charge in [-0.2, -0.15) is 4.31 Å². The van der Waals surface area contributed by atoms with Crippen molar-refractivity contribution in [3.8, 4) is 11.1 Å². The quantitative estimate of drug-likeness (QED) is 0.302. The zero-order valence-electron chi connectivity index (χ0n) is 19.6. The molecule has 8 nitrogen and oxygen atoms in total. The number of halogens is 1. The molecule has 190 valence electrons. The molecule has 0 radical (unpaired) electrons. The van der Waals surface area contributed by atoms with E-state index >= 15 is 0 Å². The summed E-state index contributed by atoms with van der Waals surface area (Å²) in [5.41, 5.74) is 6.75. The van der Waals surface area contributed by atoms with Crippen molar-refractivity contribution in [1.82, 2.24) is 15.2 Å². The van der Waals surface area contributed by atoms with Crippen molar-refractivity contribution in [2.24, 2.45) is 0 Å². The molecular formula is C27H24ClN3O5S. The zero-order valence-corrected chi connectivity index (χ0v) is 21.2. The molecule has 2 N–H and O–H groups in total. The lowest BCUT2D eigenvalue weighted by Gasteiger charge is -2.21. The first-order valence-electron chi connectivity index (χ1n) is 11.4. The van der Waals surface area contributed by atoms with E-state index < -0.39 is 21.8 Å². The summed E-state index contributed by atoms with van der Waals surface area (Å²) in [4.78, 5) is 25.4. The number of nitrogens with one attached hydrogen (secondary N) is 2. The molecule has 0 aliphatic heterocycles. The van der Waals surface area contributed by atoms with Gasteiger partial charge in [-0.3, -0.25) is 20.4 Å². The highest BCUT2D eigenvalue weighted by molar-refractivity contribution is 7.89. The van der Waals surface area contributed by atoms with E-state index in [1.807, 2.05) is 42.5 Å². The maximum absolute atomic E-state index is 13.2. The normalized spacial score (nSPS) is 11.3. The Morgan fingerprint density at radius 2 is 1.54 bits per heavy atom. The molecule has 1 heterocycles. The van der Waals surface area contributed by atoms with Crippen LogP contribution in [0.3, 0.4) is 0 Å². The van der Waals surface area contributed by atoms with E-state index in [0.717, 1.165) is 9.87 Å².